The molecule has 1 heterocycles. The Morgan fingerprint density at radius 1 is 1.26 bits per heavy atom. The van der Waals surface area contributed by atoms with Gasteiger partial charge in [0.1, 0.15) is 6.54 Å². The number of fused-ring (bicyclic) bond motifs is 1. The number of rotatable bonds is 6. The molecule has 0 N–H and O–H groups in total. The molecule has 3 amide bonds. The van der Waals surface area contributed by atoms with Crippen LogP contribution in [0.15, 0.2) is 0 Å². The summed E-state index contributed by atoms with van der Waals surface area (Å²) in [7, 11) is -1.70. The number of carbonyl (C=O) groups excluding carboxylic acids is 3. The maximum atomic E-state index is 12.9. The quantitative estimate of drug-likeness (QED) is 0.621. The van der Waals surface area contributed by atoms with Crippen LogP contribution in [0.2, 0.25) is 0 Å². The van der Waals surface area contributed by atoms with E-state index in [1.807, 2.05) is 6.92 Å². The van der Waals surface area contributed by atoms with Crippen molar-refractivity contribution in [1.82, 2.24) is 9.80 Å². The lowest BCUT2D eigenvalue weighted by atomic mass is 9.81. The van der Waals surface area contributed by atoms with E-state index >= 15 is 0 Å². The third kappa shape index (κ3) is 3.97. The topological polar surface area (TPSA) is 101 Å². The maximum Gasteiger partial charge on any atom is 0.327 e. The molecule has 152 valence electrons. The second-order valence-electron chi connectivity index (χ2n) is 8.35. The van der Waals surface area contributed by atoms with Crippen LogP contribution in [0, 0.1) is 11.3 Å². The van der Waals surface area contributed by atoms with E-state index in [1.54, 1.807) is 14.0 Å². The highest BCUT2D eigenvalue weighted by molar-refractivity contribution is 7.92. The summed E-state index contributed by atoms with van der Waals surface area (Å²) in [5.74, 6) is -1.54. The van der Waals surface area contributed by atoms with E-state index in [2.05, 4.69) is 0 Å². The molecule has 2 aliphatic carbocycles. The first-order chi connectivity index (χ1) is 12.6. The first kappa shape index (κ1) is 20.1. The van der Waals surface area contributed by atoms with Gasteiger partial charge < -0.3 is 9.64 Å². The van der Waals surface area contributed by atoms with E-state index in [1.165, 1.54) is 4.90 Å². The van der Waals surface area contributed by atoms with Crippen molar-refractivity contribution in [2.75, 3.05) is 26.0 Å². The Morgan fingerprint density at radius 3 is 2.52 bits per heavy atom. The van der Waals surface area contributed by atoms with Crippen LogP contribution in [0.1, 0.15) is 46.0 Å². The minimum absolute atomic E-state index is 0.116. The molecule has 0 aromatic carbocycles. The number of hydrogen-bond acceptors (Lipinski definition) is 6. The Kier molecular flexibility index (Phi) is 5.26. The number of urea groups is 1. The fourth-order valence-electron chi connectivity index (χ4n) is 4.24. The number of nitrogens with zero attached hydrogens (tertiary/aromatic N) is 2. The van der Waals surface area contributed by atoms with Crippen LogP contribution in [-0.2, 0) is 24.2 Å². The van der Waals surface area contributed by atoms with E-state index in [0.717, 1.165) is 17.7 Å². The van der Waals surface area contributed by atoms with Crippen molar-refractivity contribution in [3.8, 4) is 0 Å². The van der Waals surface area contributed by atoms with Crippen molar-refractivity contribution >= 4 is 27.7 Å². The highest BCUT2D eigenvalue weighted by Gasteiger charge is 2.51. The Morgan fingerprint density at radius 2 is 1.93 bits per heavy atom. The zero-order chi connectivity index (χ0) is 20.0. The summed E-state index contributed by atoms with van der Waals surface area (Å²) < 4.78 is 30.5. The van der Waals surface area contributed by atoms with Crippen LogP contribution in [0.4, 0.5) is 4.79 Å². The predicted molar refractivity (Wildman–Crippen MR) is 97.5 cm³/mol. The molecule has 0 aromatic rings. The van der Waals surface area contributed by atoms with Crippen LogP contribution < -0.4 is 0 Å². The highest BCUT2D eigenvalue weighted by atomic mass is 32.2. The molecular formula is C18H28N2O6S. The first-order valence-corrected chi connectivity index (χ1v) is 11.2. The molecule has 0 spiro atoms. The van der Waals surface area contributed by atoms with Gasteiger partial charge in [-0.2, -0.15) is 0 Å². The summed E-state index contributed by atoms with van der Waals surface area (Å²) in [6.45, 7) is 3.36. The molecule has 3 atom stereocenters. The fraction of sp³-hybridized carbons (Fsp3) is 0.833. The normalized spacial score (nSPS) is 30.1. The molecule has 0 aromatic heterocycles. The number of amides is 3. The summed E-state index contributed by atoms with van der Waals surface area (Å²) in [5.41, 5.74) is -0.116. The molecule has 8 nitrogen and oxygen atoms in total. The zero-order valence-electron chi connectivity index (χ0n) is 16.1. The van der Waals surface area contributed by atoms with Gasteiger partial charge in [0.2, 0.25) is 5.91 Å². The maximum absolute atomic E-state index is 12.9. The summed E-state index contributed by atoms with van der Waals surface area (Å²) in [5, 5.41) is -0.564. The molecule has 0 radical (unpaired) electrons. The van der Waals surface area contributed by atoms with Crippen LogP contribution in [0.5, 0.6) is 0 Å². The van der Waals surface area contributed by atoms with Crippen LogP contribution >= 0.6 is 0 Å². The Balaban J connectivity index is 1.75. The first-order valence-electron chi connectivity index (χ1n) is 9.53. The van der Waals surface area contributed by atoms with Crippen molar-refractivity contribution < 1.29 is 27.5 Å². The molecule has 0 bridgehead atoms. The number of imide groups is 1. The molecule has 1 saturated heterocycles. The summed E-state index contributed by atoms with van der Waals surface area (Å²) in [6, 6.07) is -0.840. The molecule has 3 fully saturated rings. The standard InChI is InChI=1S/C18H28N2O6S/c1-4-26-15(21)10-20-16(22)13-9-12(5-6-14(13)19(3)17(20)23)27(24,25)11-18(2)7-8-18/h12-14H,4-11H2,1-3H3. The van der Waals surface area contributed by atoms with Gasteiger partial charge in [0, 0.05) is 13.1 Å². The lowest BCUT2D eigenvalue weighted by Gasteiger charge is -2.46. The van der Waals surface area contributed by atoms with Gasteiger partial charge in [-0.15, -0.1) is 0 Å². The van der Waals surface area contributed by atoms with E-state index < -0.39 is 45.5 Å². The predicted octanol–water partition coefficient (Wildman–Crippen LogP) is 1.20. The second-order valence-corrected chi connectivity index (χ2v) is 10.6. The van der Waals surface area contributed by atoms with Crippen LogP contribution in [0.3, 0.4) is 0 Å². The Bertz CT molecular complexity index is 745. The molecule has 3 unspecified atom stereocenters. The molecule has 27 heavy (non-hydrogen) atoms. The molecule has 3 aliphatic rings. The SMILES string of the molecule is CCOC(=O)CN1C(=O)C2CC(S(=O)(=O)CC3(C)CC3)CCC2N(C)C1=O. The van der Waals surface area contributed by atoms with Crippen molar-refractivity contribution in [3.63, 3.8) is 0 Å². The van der Waals surface area contributed by atoms with Gasteiger partial charge >= 0.3 is 12.0 Å². The third-order valence-electron chi connectivity index (χ3n) is 6.13. The molecule has 1 aliphatic heterocycles. The molecular weight excluding hydrogens is 372 g/mol. The minimum Gasteiger partial charge on any atom is -0.465 e. The van der Waals surface area contributed by atoms with E-state index in [-0.39, 0.29) is 30.2 Å². The zero-order valence-corrected chi connectivity index (χ0v) is 17.0. The van der Waals surface area contributed by atoms with Gasteiger partial charge in [0.05, 0.1) is 23.5 Å². The Hall–Kier alpha value is -1.64. The van der Waals surface area contributed by atoms with Crippen molar-refractivity contribution in [3.05, 3.63) is 0 Å². The van der Waals surface area contributed by atoms with Crippen molar-refractivity contribution in [1.29, 1.82) is 0 Å². The lowest BCUT2D eigenvalue weighted by Crippen LogP contribution is -2.63. The number of sulfone groups is 1. The second kappa shape index (κ2) is 7.07. The van der Waals surface area contributed by atoms with Gasteiger partial charge in [0.15, 0.2) is 9.84 Å². The van der Waals surface area contributed by atoms with Gasteiger partial charge in [-0.05, 0) is 44.4 Å². The number of carbonyl (C=O) groups is 3. The lowest BCUT2D eigenvalue weighted by molar-refractivity contribution is -0.151. The van der Waals surface area contributed by atoms with Crippen molar-refractivity contribution in [2.24, 2.45) is 11.3 Å². The van der Waals surface area contributed by atoms with Gasteiger partial charge in [-0.1, -0.05) is 6.92 Å². The molecule has 3 rings (SSSR count). The summed E-state index contributed by atoms with van der Waals surface area (Å²) in [4.78, 5) is 39.6. The largest absolute Gasteiger partial charge is 0.465 e. The Labute approximate surface area is 160 Å². The van der Waals surface area contributed by atoms with Crippen LogP contribution in [-0.4, -0.2) is 73.4 Å². The van der Waals surface area contributed by atoms with Gasteiger partial charge in [-0.25, -0.2) is 13.2 Å². The fourth-order valence-corrected chi connectivity index (χ4v) is 6.73. The van der Waals surface area contributed by atoms with Gasteiger partial charge in [-0.3, -0.25) is 14.5 Å². The van der Waals surface area contributed by atoms with E-state index in [9.17, 15) is 22.8 Å². The average Bonchev–Trinajstić information content (AvgIpc) is 3.32. The van der Waals surface area contributed by atoms with E-state index in [4.69, 9.17) is 4.74 Å². The van der Waals surface area contributed by atoms with Crippen molar-refractivity contribution in [2.45, 2.75) is 57.2 Å². The monoisotopic (exact) mass is 400 g/mol. The molecule has 9 heteroatoms. The van der Waals surface area contributed by atoms with Crippen LogP contribution in [0.25, 0.3) is 0 Å². The highest BCUT2D eigenvalue weighted by Crippen LogP contribution is 2.47. The summed E-state index contributed by atoms with van der Waals surface area (Å²) >= 11 is 0. The summed E-state index contributed by atoms with van der Waals surface area (Å²) in [6.07, 6.45) is 3.00. The molecule has 2 saturated carbocycles. The van der Waals surface area contributed by atoms with Gasteiger partial charge in [0.25, 0.3) is 0 Å². The number of hydrogen-bond donors (Lipinski definition) is 0. The number of ether oxygens (including phenoxy) is 1. The average molecular weight is 400 g/mol. The smallest absolute Gasteiger partial charge is 0.327 e. The number of esters is 1. The van der Waals surface area contributed by atoms with E-state index in [0.29, 0.717) is 12.8 Å². The third-order valence-corrected chi connectivity index (χ3v) is 8.68. The minimum atomic E-state index is -3.30.